The maximum absolute atomic E-state index is 13.4. The Morgan fingerprint density at radius 2 is 1.10 bits per heavy atom. The third-order valence-corrected chi connectivity index (χ3v) is 14.1. The van der Waals surface area contributed by atoms with Gasteiger partial charge in [-0.25, -0.2) is 0 Å². The number of ether oxygens (including phenoxy) is 2. The number of aromatic nitrogens is 6. The zero-order valence-corrected chi connectivity index (χ0v) is 42.9. The molecule has 2 amide bonds. The number of hydrogen-bond donors (Lipinski definition) is 3. The van der Waals surface area contributed by atoms with Crippen LogP contribution in [0.1, 0.15) is 129 Å². The van der Waals surface area contributed by atoms with Crippen LogP contribution in [0.3, 0.4) is 0 Å². The molecule has 2 aliphatic heterocycles. The van der Waals surface area contributed by atoms with Crippen LogP contribution in [0.25, 0.3) is 11.4 Å². The number of nitrogens with one attached hydrogen (secondary N) is 3. The summed E-state index contributed by atoms with van der Waals surface area (Å²) in [4.78, 5) is 37.8. The van der Waals surface area contributed by atoms with Crippen LogP contribution >= 0.6 is 23.4 Å². The van der Waals surface area contributed by atoms with Crippen LogP contribution in [-0.2, 0) is 9.59 Å². The Balaban J connectivity index is 0.720. The van der Waals surface area contributed by atoms with Crippen LogP contribution in [0.2, 0.25) is 5.02 Å². The number of hydrogen-bond acceptors (Lipinski definition) is 12. The zero-order chi connectivity index (χ0) is 49.7. The third kappa shape index (κ3) is 12.6. The van der Waals surface area contributed by atoms with Gasteiger partial charge in [0.25, 0.3) is 0 Å². The molecule has 8 rings (SSSR count). The predicted molar refractivity (Wildman–Crippen MR) is 281 cm³/mol. The summed E-state index contributed by atoms with van der Waals surface area (Å²) in [6, 6.07) is 26.9. The Morgan fingerprint density at radius 3 is 1.62 bits per heavy atom. The lowest BCUT2D eigenvalue weighted by Gasteiger charge is -2.14. The Morgan fingerprint density at radius 1 is 0.606 bits per heavy atom. The van der Waals surface area contributed by atoms with Gasteiger partial charge in [-0.05, 0) is 107 Å². The highest BCUT2D eigenvalue weighted by Crippen LogP contribution is 2.37. The van der Waals surface area contributed by atoms with Crippen molar-refractivity contribution in [3.63, 3.8) is 0 Å². The highest BCUT2D eigenvalue weighted by molar-refractivity contribution is 7.99. The number of methoxy groups -OCH3 is 2. The van der Waals surface area contributed by atoms with Crippen molar-refractivity contribution >= 4 is 46.6 Å². The first kappa shape index (κ1) is 51.0. The van der Waals surface area contributed by atoms with Crippen molar-refractivity contribution in [3.05, 3.63) is 136 Å². The standard InChI is InChI=1S/C54H64ClN11O4S/c1-6-57-49(67)33-45-53-63-61-35(2)65(53)48-26-22-41(70-5)32-44(48)52(59-45)38-17-23-42(24-18-38)71-30-14-12-10-8-7-9-11-13-27-56-28-29-58-50(68)34-46-54-64-62-36(3)66(54)47-25-21-40(69-4)31-43(47)51(60-46)37-15-19-39(55)20-16-37/h15-26,31-32,45-46,56H,6-14,27-30,33-34H2,1-5H3,(H,57,67)(H,58,68). The topological polar surface area (TPSA) is 175 Å². The minimum atomic E-state index is -0.546. The van der Waals surface area contributed by atoms with Crippen molar-refractivity contribution in [2.45, 2.75) is 102 Å². The van der Waals surface area contributed by atoms with Crippen LogP contribution in [0.15, 0.2) is 99.8 Å². The highest BCUT2D eigenvalue weighted by atomic mass is 35.5. The second kappa shape index (κ2) is 24.7. The smallest absolute Gasteiger partial charge is 0.222 e. The van der Waals surface area contributed by atoms with Crippen LogP contribution < -0.4 is 25.4 Å². The van der Waals surface area contributed by atoms with Gasteiger partial charge in [0.1, 0.15) is 35.2 Å². The molecule has 4 aromatic carbocycles. The molecule has 0 bridgehead atoms. The molecule has 372 valence electrons. The summed E-state index contributed by atoms with van der Waals surface area (Å²) in [5.74, 6) is 5.05. The molecule has 0 saturated carbocycles. The number of carbonyl (C=O) groups is 2. The summed E-state index contributed by atoms with van der Waals surface area (Å²) < 4.78 is 15.2. The number of nitrogens with zero attached hydrogens (tertiary/aromatic N) is 8. The van der Waals surface area contributed by atoms with Gasteiger partial charge >= 0.3 is 0 Å². The van der Waals surface area contributed by atoms with E-state index >= 15 is 0 Å². The molecule has 0 spiro atoms. The van der Waals surface area contributed by atoms with Crippen LogP contribution in [-0.4, -0.2) is 98.9 Å². The van der Waals surface area contributed by atoms with E-state index in [1.807, 2.05) is 102 Å². The van der Waals surface area contributed by atoms with Crippen LogP contribution in [0, 0.1) is 13.8 Å². The number of aliphatic imine (C=N–C) groups is 2. The second-order valence-corrected chi connectivity index (χ2v) is 19.4. The van der Waals surface area contributed by atoms with Gasteiger partial charge in [-0.15, -0.1) is 32.2 Å². The fourth-order valence-corrected chi connectivity index (χ4v) is 10.2. The van der Waals surface area contributed by atoms with Crippen molar-refractivity contribution < 1.29 is 19.1 Å². The molecule has 3 N–H and O–H groups in total. The first-order valence-corrected chi connectivity index (χ1v) is 26.1. The van der Waals surface area contributed by atoms with Gasteiger partial charge in [0.05, 0.1) is 49.9 Å². The number of halogens is 1. The minimum absolute atomic E-state index is 0.0770. The lowest BCUT2D eigenvalue weighted by atomic mass is 10.00. The normalized spacial score (nSPS) is 14.7. The number of benzene rings is 4. The number of thioether (sulfide) groups is 1. The van der Waals surface area contributed by atoms with E-state index < -0.39 is 12.1 Å². The van der Waals surface area contributed by atoms with Crippen molar-refractivity contribution in [1.82, 2.24) is 45.5 Å². The van der Waals surface area contributed by atoms with Crippen LogP contribution in [0.4, 0.5) is 0 Å². The molecular weight excluding hydrogens is 934 g/mol. The van der Waals surface area contributed by atoms with Crippen LogP contribution in [0.5, 0.6) is 11.5 Å². The van der Waals surface area contributed by atoms with Gasteiger partial charge in [0.15, 0.2) is 11.6 Å². The molecule has 0 aliphatic carbocycles. The Kier molecular flexibility index (Phi) is 17.7. The van der Waals surface area contributed by atoms with E-state index in [0.29, 0.717) is 47.9 Å². The number of rotatable bonds is 24. The second-order valence-electron chi connectivity index (χ2n) is 17.8. The summed E-state index contributed by atoms with van der Waals surface area (Å²) in [5.41, 5.74) is 6.95. The summed E-state index contributed by atoms with van der Waals surface area (Å²) >= 11 is 8.13. The first-order valence-electron chi connectivity index (χ1n) is 24.8. The summed E-state index contributed by atoms with van der Waals surface area (Å²) in [7, 11) is 3.30. The number of carbonyl (C=O) groups excluding carboxylic acids is 2. The molecule has 0 radical (unpaired) electrons. The number of aryl methyl sites for hydroxylation is 2. The molecule has 2 unspecified atom stereocenters. The minimum Gasteiger partial charge on any atom is -0.497 e. The Hall–Kier alpha value is -6.36. The molecule has 2 aliphatic rings. The van der Waals surface area contributed by atoms with E-state index in [0.717, 1.165) is 75.3 Å². The molecule has 4 heterocycles. The zero-order valence-electron chi connectivity index (χ0n) is 41.3. The van der Waals surface area contributed by atoms with Gasteiger partial charge in [-0.2, -0.15) is 0 Å². The number of amides is 2. The van der Waals surface area contributed by atoms with Gasteiger partial charge in [0.2, 0.25) is 11.8 Å². The van der Waals surface area contributed by atoms with Crippen molar-refractivity contribution in [1.29, 1.82) is 0 Å². The largest absolute Gasteiger partial charge is 0.497 e. The lowest BCUT2D eigenvalue weighted by molar-refractivity contribution is -0.122. The molecule has 17 heteroatoms. The SMILES string of the molecule is CCNC(=O)CC1N=C(c2ccc(SCCCCCCCCCCNCCNC(=O)CC3N=C(c4ccc(Cl)cc4)c4cc(OC)ccc4-n4c(C)nnc43)cc2)c2cc(OC)ccc2-n2c(C)nnc21. The molecule has 15 nitrogen and oxygen atoms in total. The van der Waals surface area contributed by atoms with Crippen molar-refractivity contribution in [3.8, 4) is 22.9 Å². The summed E-state index contributed by atoms with van der Waals surface area (Å²) in [6.45, 7) is 8.44. The van der Waals surface area contributed by atoms with E-state index in [9.17, 15) is 9.59 Å². The molecule has 2 atom stereocenters. The van der Waals surface area contributed by atoms with E-state index in [2.05, 4.69) is 60.6 Å². The Labute approximate surface area is 425 Å². The van der Waals surface area contributed by atoms with Gasteiger partial charge < -0.3 is 25.4 Å². The maximum atomic E-state index is 13.4. The summed E-state index contributed by atoms with van der Waals surface area (Å²) in [6.07, 6.45) is 10.00. The van der Waals surface area contributed by atoms with E-state index in [1.54, 1.807) is 14.2 Å². The average Bonchev–Trinajstić information content (AvgIpc) is 3.88. The molecule has 6 aromatic rings. The van der Waals surface area contributed by atoms with Crippen molar-refractivity contribution in [2.24, 2.45) is 9.98 Å². The predicted octanol–water partition coefficient (Wildman–Crippen LogP) is 9.45. The van der Waals surface area contributed by atoms with Gasteiger partial charge in [0, 0.05) is 51.8 Å². The average molecular weight is 999 g/mol. The van der Waals surface area contributed by atoms with E-state index in [-0.39, 0.29) is 24.7 Å². The van der Waals surface area contributed by atoms with Crippen molar-refractivity contribution in [2.75, 3.05) is 46.2 Å². The lowest BCUT2D eigenvalue weighted by Crippen LogP contribution is -2.33. The maximum Gasteiger partial charge on any atom is 0.222 e. The molecular formula is C54H64ClN11O4S. The van der Waals surface area contributed by atoms with Gasteiger partial charge in [-0.1, -0.05) is 74.4 Å². The fourth-order valence-electron chi connectivity index (χ4n) is 9.17. The number of fused-ring (bicyclic) bond motifs is 6. The van der Waals surface area contributed by atoms with Gasteiger partial charge in [-0.3, -0.25) is 28.7 Å². The Bertz CT molecular complexity index is 2840. The highest BCUT2D eigenvalue weighted by Gasteiger charge is 2.32. The van der Waals surface area contributed by atoms with E-state index in [4.69, 9.17) is 31.1 Å². The fraction of sp³-hybridized carbons (Fsp3) is 0.407. The number of unbranched alkanes of at least 4 members (excludes halogenated alkanes) is 7. The molecule has 0 saturated heterocycles. The summed E-state index contributed by atoms with van der Waals surface area (Å²) in [5, 5.41) is 27.9. The monoisotopic (exact) mass is 997 g/mol. The van der Waals surface area contributed by atoms with E-state index in [1.165, 1.54) is 49.8 Å². The first-order chi connectivity index (χ1) is 34.6. The molecule has 0 fully saturated rings. The molecule has 71 heavy (non-hydrogen) atoms. The third-order valence-electron chi connectivity index (χ3n) is 12.8. The molecule has 2 aromatic heterocycles. The quantitative estimate of drug-likeness (QED) is 0.0392.